The molecule has 1 heterocycles. The molecule has 142 valence electrons. The molecule has 0 unspecified atom stereocenters. The highest BCUT2D eigenvalue weighted by Gasteiger charge is 2.28. The summed E-state index contributed by atoms with van der Waals surface area (Å²) in [6.07, 6.45) is 0.587. The van der Waals surface area contributed by atoms with E-state index in [4.69, 9.17) is 4.74 Å². The summed E-state index contributed by atoms with van der Waals surface area (Å²) < 4.78 is 30.4. The first-order valence-electron chi connectivity index (χ1n) is 8.13. The third-order valence-corrected chi connectivity index (χ3v) is 5.83. The number of ether oxygens (including phenoxy) is 1. The summed E-state index contributed by atoms with van der Waals surface area (Å²) in [6.45, 7) is 0.0465. The van der Waals surface area contributed by atoms with Gasteiger partial charge in [0.1, 0.15) is 0 Å². The molecule has 1 saturated heterocycles. The average Bonchev–Trinajstić information content (AvgIpc) is 3.00. The minimum absolute atomic E-state index is 0.00670. The molecule has 27 heavy (non-hydrogen) atoms. The second kappa shape index (κ2) is 7.62. The summed E-state index contributed by atoms with van der Waals surface area (Å²) >= 11 is 0. The highest BCUT2D eigenvalue weighted by Crippen LogP contribution is 2.26. The van der Waals surface area contributed by atoms with Gasteiger partial charge < -0.3 is 10.1 Å². The molecular weight excluding hydrogens is 374 g/mol. The molecule has 1 N–H and O–H groups in total. The normalized spacial score (nSPS) is 15.3. The van der Waals surface area contributed by atoms with Crippen LogP contribution in [0, 0.1) is 10.1 Å². The zero-order valence-electron chi connectivity index (χ0n) is 14.2. The molecule has 0 bridgehead atoms. The molecule has 1 aliphatic heterocycles. The van der Waals surface area contributed by atoms with E-state index in [0.29, 0.717) is 24.3 Å². The van der Waals surface area contributed by atoms with Crippen molar-refractivity contribution in [2.24, 2.45) is 0 Å². The Labute approximate surface area is 155 Å². The predicted octanol–water partition coefficient (Wildman–Crippen LogP) is 2.15. The number of rotatable bonds is 6. The highest BCUT2D eigenvalue weighted by atomic mass is 32.2. The molecule has 1 amide bonds. The zero-order chi connectivity index (χ0) is 19.4. The van der Waals surface area contributed by atoms with Crippen LogP contribution < -0.4 is 14.4 Å². The maximum Gasteiger partial charge on any atom is 0.310 e. The lowest BCUT2D eigenvalue weighted by Gasteiger charge is -2.17. The Kier molecular flexibility index (Phi) is 5.26. The van der Waals surface area contributed by atoms with E-state index in [-0.39, 0.29) is 17.2 Å². The van der Waals surface area contributed by atoms with Crippen LogP contribution in [0.3, 0.4) is 0 Å². The number of carbonyl (C=O) groups is 1. The van der Waals surface area contributed by atoms with Gasteiger partial charge in [0.25, 0.3) is 5.91 Å². The van der Waals surface area contributed by atoms with Gasteiger partial charge in [-0.05, 0) is 36.8 Å². The Morgan fingerprint density at radius 2 is 1.89 bits per heavy atom. The van der Waals surface area contributed by atoms with E-state index in [1.165, 1.54) is 22.5 Å². The minimum atomic E-state index is -3.26. The summed E-state index contributed by atoms with van der Waals surface area (Å²) in [4.78, 5) is 22.3. The third kappa shape index (κ3) is 4.34. The number of nitro groups is 1. The van der Waals surface area contributed by atoms with Gasteiger partial charge >= 0.3 is 5.69 Å². The molecule has 1 fully saturated rings. The van der Waals surface area contributed by atoms with Crippen LogP contribution in [0.5, 0.6) is 5.75 Å². The van der Waals surface area contributed by atoms with Crippen LogP contribution in [0.25, 0.3) is 0 Å². The van der Waals surface area contributed by atoms with E-state index in [1.807, 2.05) is 0 Å². The van der Waals surface area contributed by atoms with Gasteiger partial charge in [0.15, 0.2) is 12.4 Å². The Morgan fingerprint density at radius 3 is 2.52 bits per heavy atom. The van der Waals surface area contributed by atoms with Crippen molar-refractivity contribution in [2.75, 3.05) is 28.5 Å². The lowest BCUT2D eigenvalue weighted by atomic mass is 10.2. The second-order valence-corrected chi connectivity index (χ2v) is 7.86. The predicted molar refractivity (Wildman–Crippen MR) is 99.4 cm³/mol. The van der Waals surface area contributed by atoms with E-state index in [1.54, 1.807) is 30.3 Å². The van der Waals surface area contributed by atoms with Crippen LogP contribution in [0.1, 0.15) is 6.42 Å². The molecule has 2 aromatic rings. The van der Waals surface area contributed by atoms with Gasteiger partial charge in [-0.3, -0.25) is 19.2 Å². The summed E-state index contributed by atoms with van der Waals surface area (Å²) in [6, 6.07) is 12.2. The van der Waals surface area contributed by atoms with Crippen LogP contribution in [0.15, 0.2) is 48.5 Å². The Bertz CT molecular complexity index is 959. The number of anilines is 2. The number of hydrogen-bond acceptors (Lipinski definition) is 6. The van der Waals surface area contributed by atoms with E-state index >= 15 is 0 Å². The molecule has 0 saturated carbocycles. The summed E-state index contributed by atoms with van der Waals surface area (Å²) in [7, 11) is -3.26. The molecule has 0 aromatic heterocycles. The number of para-hydroxylation sites is 2. The van der Waals surface area contributed by atoms with Crippen LogP contribution >= 0.6 is 0 Å². The average molecular weight is 391 g/mol. The van der Waals surface area contributed by atoms with Gasteiger partial charge in [-0.15, -0.1) is 0 Å². The Morgan fingerprint density at radius 1 is 1.19 bits per heavy atom. The van der Waals surface area contributed by atoms with E-state index in [2.05, 4.69) is 5.32 Å². The lowest BCUT2D eigenvalue weighted by Crippen LogP contribution is -2.25. The van der Waals surface area contributed by atoms with Crippen molar-refractivity contribution in [3.05, 3.63) is 58.6 Å². The summed E-state index contributed by atoms with van der Waals surface area (Å²) in [5.41, 5.74) is 0.787. The van der Waals surface area contributed by atoms with Gasteiger partial charge in [-0.25, -0.2) is 8.42 Å². The number of nitrogens with zero attached hydrogens (tertiary/aromatic N) is 2. The molecule has 9 nitrogen and oxygen atoms in total. The number of nitrogens with one attached hydrogen (secondary N) is 1. The number of hydrogen-bond donors (Lipinski definition) is 1. The highest BCUT2D eigenvalue weighted by molar-refractivity contribution is 7.93. The minimum Gasteiger partial charge on any atom is -0.477 e. The number of carbonyl (C=O) groups excluding carboxylic acids is 1. The third-order valence-electron chi connectivity index (χ3n) is 3.96. The number of nitro benzene ring substituents is 1. The van der Waals surface area contributed by atoms with Crippen molar-refractivity contribution in [2.45, 2.75) is 6.42 Å². The van der Waals surface area contributed by atoms with Crippen molar-refractivity contribution in [1.29, 1.82) is 0 Å². The largest absolute Gasteiger partial charge is 0.477 e. The van der Waals surface area contributed by atoms with Crippen LogP contribution in [0.4, 0.5) is 17.1 Å². The van der Waals surface area contributed by atoms with E-state index < -0.39 is 27.5 Å². The second-order valence-electron chi connectivity index (χ2n) is 5.85. The fourth-order valence-electron chi connectivity index (χ4n) is 2.71. The van der Waals surface area contributed by atoms with E-state index in [0.717, 1.165) is 0 Å². The quantitative estimate of drug-likeness (QED) is 0.595. The van der Waals surface area contributed by atoms with Gasteiger partial charge in [0, 0.05) is 18.3 Å². The molecule has 3 rings (SSSR count). The topological polar surface area (TPSA) is 119 Å². The molecule has 2 aromatic carbocycles. The van der Waals surface area contributed by atoms with Crippen molar-refractivity contribution < 1.29 is 22.9 Å². The van der Waals surface area contributed by atoms with Crippen LogP contribution in [0.2, 0.25) is 0 Å². The number of amides is 1. The van der Waals surface area contributed by atoms with Crippen LogP contribution in [-0.2, 0) is 14.8 Å². The number of benzene rings is 2. The molecule has 0 radical (unpaired) electrons. The molecule has 10 heteroatoms. The van der Waals surface area contributed by atoms with Gasteiger partial charge in [-0.1, -0.05) is 12.1 Å². The van der Waals surface area contributed by atoms with Gasteiger partial charge in [0.05, 0.1) is 16.4 Å². The Balaban J connectivity index is 1.59. The van der Waals surface area contributed by atoms with E-state index in [9.17, 15) is 23.3 Å². The summed E-state index contributed by atoms with van der Waals surface area (Å²) in [5, 5.41) is 13.5. The molecule has 0 spiro atoms. The van der Waals surface area contributed by atoms with Crippen molar-refractivity contribution in [3.63, 3.8) is 0 Å². The van der Waals surface area contributed by atoms with Crippen molar-refractivity contribution >= 4 is 33.0 Å². The smallest absolute Gasteiger partial charge is 0.310 e. The first kappa shape index (κ1) is 18.6. The standard InChI is InChI=1S/C17H17N3O6S/c21-17(12-26-16-5-2-1-4-15(16)20(22)23)18-13-6-8-14(9-7-13)19-10-3-11-27(19,24)25/h1-2,4-9H,3,10-12H2,(H,18,21). The van der Waals surface area contributed by atoms with Gasteiger partial charge in [-0.2, -0.15) is 0 Å². The van der Waals surface area contributed by atoms with Gasteiger partial charge in [0.2, 0.25) is 10.0 Å². The lowest BCUT2D eigenvalue weighted by molar-refractivity contribution is -0.385. The molecule has 1 aliphatic rings. The Hall–Kier alpha value is -3.14. The first-order valence-corrected chi connectivity index (χ1v) is 9.74. The van der Waals surface area contributed by atoms with Crippen molar-refractivity contribution in [3.8, 4) is 5.75 Å². The SMILES string of the molecule is O=C(COc1ccccc1[N+](=O)[O-])Nc1ccc(N2CCCS2(=O)=O)cc1. The number of sulfonamides is 1. The fourth-order valence-corrected chi connectivity index (χ4v) is 4.28. The maximum absolute atomic E-state index is 12.0. The zero-order valence-corrected chi connectivity index (χ0v) is 15.0. The fraction of sp³-hybridized carbons (Fsp3) is 0.235. The molecular formula is C17H17N3O6S. The first-order chi connectivity index (χ1) is 12.9. The maximum atomic E-state index is 12.0. The summed E-state index contributed by atoms with van der Waals surface area (Å²) in [5.74, 6) is -0.351. The van der Waals surface area contributed by atoms with Crippen LogP contribution in [-0.4, -0.2) is 38.2 Å². The monoisotopic (exact) mass is 391 g/mol. The van der Waals surface area contributed by atoms with Crippen molar-refractivity contribution in [1.82, 2.24) is 0 Å². The molecule has 0 aliphatic carbocycles. The molecule has 0 atom stereocenters.